The largest absolute Gasteiger partial charge is 0.330 e. The molecule has 1 aliphatic carbocycles. The van der Waals surface area contributed by atoms with E-state index in [1.54, 1.807) is 33.6 Å². The Bertz CT molecular complexity index is 1350. The van der Waals surface area contributed by atoms with Crippen molar-refractivity contribution in [2.75, 3.05) is 6.54 Å². The first-order valence-corrected chi connectivity index (χ1v) is 11.1. The van der Waals surface area contributed by atoms with Crippen molar-refractivity contribution in [3.63, 3.8) is 0 Å². The summed E-state index contributed by atoms with van der Waals surface area (Å²) in [5.74, 6) is -4.46. The number of hydrogen-bond acceptors (Lipinski definition) is 3. The van der Waals surface area contributed by atoms with Crippen molar-refractivity contribution in [1.29, 1.82) is 0 Å². The van der Waals surface area contributed by atoms with Gasteiger partial charge in [-0.3, -0.25) is 14.2 Å². The van der Waals surface area contributed by atoms with E-state index in [1.807, 2.05) is 38.4 Å². The molecule has 0 spiro atoms. The molecule has 0 radical (unpaired) electrons. The molecule has 3 aromatic rings. The zero-order chi connectivity index (χ0) is 24.1. The van der Waals surface area contributed by atoms with Crippen LogP contribution in [0.1, 0.15) is 52.6 Å². The molecule has 2 atom stereocenters. The first-order valence-electron chi connectivity index (χ1n) is 11.1. The molecule has 1 unspecified atom stereocenters. The van der Waals surface area contributed by atoms with E-state index in [2.05, 4.69) is 10.2 Å². The molecule has 2 aliphatic rings. The van der Waals surface area contributed by atoms with Gasteiger partial charge in [-0.2, -0.15) is 10.2 Å². The van der Waals surface area contributed by atoms with Crippen LogP contribution in [0.3, 0.4) is 0 Å². The van der Waals surface area contributed by atoms with E-state index in [9.17, 15) is 18.0 Å². The normalized spacial score (nSPS) is 20.4. The summed E-state index contributed by atoms with van der Waals surface area (Å²) >= 11 is 0. The van der Waals surface area contributed by atoms with E-state index in [-0.39, 0.29) is 18.4 Å². The summed E-state index contributed by atoms with van der Waals surface area (Å²) in [4.78, 5) is 15.2. The van der Waals surface area contributed by atoms with Gasteiger partial charge in [0.15, 0.2) is 11.7 Å². The molecule has 34 heavy (non-hydrogen) atoms. The molecular formula is C25H24F3N5O. The van der Waals surface area contributed by atoms with Crippen LogP contribution in [0.5, 0.6) is 0 Å². The lowest BCUT2D eigenvalue weighted by molar-refractivity contribution is 0.0673. The maximum Gasteiger partial charge on any atom is 0.254 e. The van der Waals surface area contributed by atoms with Crippen molar-refractivity contribution in [1.82, 2.24) is 24.5 Å². The van der Waals surface area contributed by atoms with Crippen molar-refractivity contribution in [2.45, 2.75) is 31.7 Å². The van der Waals surface area contributed by atoms with E-state index in [0.29, 0.717) is 29.9 Å². The van der Waals surface area contributed by atoms with E-state index in [1.165, 1.54) is 0 Å². The number of rotatable bonds is 3. The Labute approximate surface area is 195 Å². The van der Waals surface area contributed by atoms with Gasteiger partial charge in [0, 0.05) is 61.6 Å². The van der Waals surface area contributed by atoms with Crippen LogP contribution in [0.15, 0.2) is 60.2 Å². The van der Waals surface area contributed by atoms with Gasteiger partial charge in [0.25, 0.3) is 5.91 Å². The zero-order valence-electron chi connectivity index (χ0n) is 19.1. The molecule has 1 aliphatic heterocycles. The summed E-state index contributed by atoms with van der Waals surface area (Å²) in [5.41, 5.74) is 4.61. The summed E-state index contributed by atoms with van der Waals surface area (Å²) in [6, 6.07) is 7.09. The summed E-state index contributed by atoms with van der Waals surface area (Å²) in [7, 11) is 3.55. The van der Waals surface area contributed by atoms with E-state index in [4.69, 9.17) is 0 Å². The van der Waals surface area contributed by atoms with Gasteiger partial charge in [0.2, 0.25) is 0 Å². The van der Waals surface area contributed by atoms with Crippen LogP contribution in [-0.2, 0) is 20.5 Å². The maximum atomic E-state index is 14.0. The first-order chi connectivity index (χ1) is 16.2. The second kappa shape index (κ2) is 8.30. The third-order valence-electron chi connectivity index (χ3n) is 6.64. The monoisotopic (exact) mass is 467 g/mol. The number of nitrogens with zero attached hydrogens (tertiary/aromatic N) is 5. The topological polar surface area (TPSA) is 56.0 Å². The predicted octanol–water partition coefficient (Wildman–Crippen LogP) is 5.07. The van der Waals surface area contributed by atoms with E-state index >= 15 is 0 Å². The Balaban J connectivity index is 1.43. The number of aryl methyl sites for hydroxylation is 2. The molecule has 176 valence electrons. The quantitative estimate of drug-likeness (QED) is 0.540. The molecule has 6 nitrogen and oxygen atoms in total. The minimum Gasteiger partial charge on any atom is -0.330 e. The van der Waals surface area contributed by atoms with Crippen LogP contribution in [0.4, 0.5) is 13.2 Å². The average Bonchev–Trinajstić information content (AvgIpc) is 3.40. The van der Waals surface area contributed by atoms with Gasteiger partial charge >= 0.3 is 0 Å². The first kappa shape index (κ1) is 22.2. The number of hydrogen-bond donors (Lipinski definition) is 0. The zero-order valence-corrected chi connectivity index (χ0v) is 19.1. The van der Waals surface area contributed by atoms with E-state index < -0.39 is 23.4 Å². The molecular weight excluding hydrogens is 443 g/mol. The minimum atomic E-state index is -1.43. The lowest BCUT2D eigenvalue weighted by atomic mass is 9.88. The van der Waals surface area contributed by atoms with Gasteiger partial charge in [-0.05, 0) is 37.1 Å². The molecule has 0 saturated heterocycles. The fraction of sp³-hybridized carbons (Fsp3) is 0.320. The van der Waals surface area contributed by atoms with Gasteiger partial charge in [0.05, 0.1) is 17.9 Å². The number of allylic oxidation sites excluding steroid dienone is 4. The highest BCUT2D eigenvalue weighted by Gasteiger charge is 2.36. The molecule has 1 amide bonds. The van der Waals surface area contributed by atoms with Crippen molar-refractivity contribution in [3.05, 3.63) is 82.7 Å². The molecule has 0 saturated carbocycles. The van der Waals surface area contributed by atoms with Gasteiger partial charge in [0.1, 0.15) is 5.83 Å². The molecule has 5 rings (SSSR count). The Hall–Kier alpha value is -3.62. The highest BCUT2D eigenvalue weighted by molar-refractivity contribution is 5.96. The van der Waals surface area contributed by atoms with Crippen molar-refractivity contribution in [3.8, 4) is 11.1 Å². The number of carbonyl (C=O) groups excluding carboxylic acids is 1. The summed E-state index contributed by atoms with van der Waals surface area (Å²) in [6.07, 6.45) is 5.00. The minimum absolute atomic E-state index is 0.115. The molecule has 1 aromatic carbocycles. The van der Waals surface area contributed by atoms with Crippen molar-refractivity contribution >= 4 is 5.91 Å². The van der Waals surface area contributed by atoms with Crippen molar-refractivity contribution in [2.24, 2.45) is 14.1 Å². The summed E-state index contributed by atoms with van der Waals surface area (Å²) < 4.78 is 44.7. The fourth-order valence-electron chi connectivity index (χ4n) is 4.97. The van der Waals surface area contributed by atoms with Crippen molar-refractivity contribution < 1.29 is 18.0 Å². The highest BCUT2D eigenvalue weighted by Crippen LogP contribution is 2.41. The standard InChI is InChI=1S/C25H24F3N5O/c1-14-23-19(24(32(3)30-23)17-10-20(26)22(28)21(27)11-17)7-8-33(14)25(34)16-6-4-5-15(9-16)18-12-29-31(2)13-18/h4-6,9-10,12-14,17H,7-8,11H2,1-3H3/t14-,17?/m0/s1. The number of aromatic nitrogens is 4. The predicted molar refractivity (Wildman–Crippen MR) is 121 cm³/mol. The highest BCUT2D eigenvalue weighted by atomic mass is 19.2. The van der Waals surface area contributed by atoms with Crippen LogP contribution in [-0.4, -0.2) is 36.9 Å². The van der Waals surface area contributed by atoms with Crippen LogP contribution >= 0.6 is 0 Å². The Kier molecular flexibility index (Phi) is 5.42. The molecule has 0 bridgehead atoms. The second-order valence-corrected chi connectivity index (χ2v) is 8.82. The smallest absolute Gasteiger partial charge is 0.254 e. The molecule has 3 heterocycles. The van der Waals surface area contributed by atoms with Crippen LogP contribution in [0.25, 0.3) is 11.1 Å². The Morgan fingerprint density at radius 2 is 1.94 bits per heavy atom. The summed E-state index contributed by atoms with van der Waals surface area (Å²) in [6.45, 7) is 2.34. The van der Waals surface area contributed by atoms with Gasteiger partial charge < -0.3 is 4.90 Å². The van der Waals surface area contributed by atoms with E-state index in [0.717, 1.165) is 22.8 Å². The molecule has 0 fully saturated rings. The van der Waals surface area contributed by atoms with Crippen LogP contribution in [0, 0.1) is 0 Å². The second-order valence-electron chi connectivity index (χ2n) is 8.82. The number of amides is 1. The van der Waals surface area contributed by atoms with Crippen LogP contribution in [0.2, 0.25) is 0 Å². The molecule has 9 heteroatoms. The average molecular weight is 467 g/mol. The fourth-order valence-corrected chi connectivity index (χ4v) is 4.97. The lowest BCUT2D eigenvalue weighted by Crippen LogP contribution is -2.39. The number of benzene rings is 1. The SMILES string of the molecule is C[C@H]1c2nn(C)c(C3C=C(F)C(F)=C(F)C3)c2CCN1C(=O)c1cccc(-c2cnn(C)c2)c1. The number of halogens is 3. The summed E-state index contributed by atoms with van der Waals surface area (Å²) in [5, 5.41) is 8.79. The molecule has 0 N–H and O–H groups in total. The maximum absolute atomic E-state index is 14.0. The Morgan fingerprint density at radius 3 is 2.65 bits per heavy atom. The third kappa shape index (κ3) is 3.65. The van der Waals surface area contributed by atoms with Gasteiger partial charge in [-0.1, -0.05) is 12.1 Å². The number of carbonyl (C=O) groups is 1. The van der Waals surface area contributed by atoms with Gasteiger partial charge in [-0.25, -0.2) is 13.2 Å². The van der Waals surface area contributed by atoms with Gasteiger partial charge in [-0.15, -0.1) is 0 Å². The number of fused-ring (bicyclic) bond motifs is 1. The molecule has 2 aromatic heterocycles. The van der Waals surface area contributed by atoms with Crippen LogP contribution < -0.4 is 0 Å². The lowest BCUT2D eigenvalue weighted by Gasteiger charge is -2.33. The Morgan fingerprint density at radius 1 is 1.15 bits per heavy atom. The third-order valence-corrected chi connectivity index (χ3v) is 6.64.